The molecular formula is C14H21NO3S. The second-order valence-corrected chi connectivity index (χ2v) is 6.88. The first-order chi connectivity index (χ1) is 9.15. The van der Waals surface area contributed by atoms with Gasteiger partial charge in [0.2, 0.25) is 0 Å². The number of hydrogen-bond donors (Lipinski definition) is 1. The quantitative estimate of drug-likeness (QED) is 0.777. The lowest BCUT2D eigenvalue weighted by atomic mass is 10.1. The molecule has 0 fully saturated rings. The average Bonchev–Trinajstić information content (AvgIpc) is 2.66. The lowest BCUT2D eigenvalue weighted by Gasteiger charge is -2.12. The molecule has 1 aliphatic rings. The molecule has 1 aliphatic heterocycles. The van der Waals surface area contributed by atoms with Crippen LogP contribution in [-0.2, 0) is 14.6 Å². The van der Waals surface area contributed by atoms with Crippen LogP contribution in [0.4, 0.5) is 0 Å². The number of benzene rings is 1. The molecule has 0 bridgehead atoms. The Bertz CT molecular complexity index is 513. The van der Waals surface area contributed by atoms with Crippen LogP contribution in [0.15, 0.2) is 29.2 Å². The van der Waals surface area contributed by atoms with Crippen LogP contribution in [0.3, 0.4) is 0 Å². The van der Waals surface area contributed by atoms with Gasteiger partial charge in [0.1, 0.15) is 0 Å². The monoisotopic (exact) mass is 283 g/mol. The van der Waals surface area contributed by atoms with E-state index in [0.717, 1.165) is 38.0 Å². The summed E-state index contributed by atoms with van der Waals surface area (Å²) in [6.07, 6.45) is 3.20. The molecule has 1 N–H and O–H groups in total. The number of methoxy groups -OCH3 is 1. The summed E-state index contributed by atoms with van der Waals surface area (Å²) in [5.74, 6) is 0.185. The minimum Gasteiger partial charge on any atom is -0.385 e. The summed E-state index contributed by atoms with van der Waals surface area (Å²) in [7, 11) is -1.38. The highest BCUT2D eigenvalue weighted by molar-refractivity contribution is 7.91. The van der Waals surface area contributed by atoms with Crippen LogP contribution in [0.25, 0.3) is 0 Å². The zero-order chi connectivity index (χ0) is 13.7. The van der Waals surface area contributed by atoms with Gasteiger partial charge in [-0.3, -0.25) is 0 Å². The summed E-state index contributed by atoms with van der Waals surface area (Å²) < 4.78 is 29.0. The molecule has 1 aromatic rings. The Balaban J connectivity index is 1.86. The van der Waals surface area contributed by atoms with Gasteiger partial charge in [0.05, 0.1) is 10.6 Å². The molecule has 1 heterocycles. The summed E-state index contributed by atoms with van der Waals surface area (Å²) >= 11 is 0. The summed E-state index contributed by atoms with van der Waals surface area (Å²) in [5.41, 5.74) is 0.916. The molecule has 1 aromatic carbocycles. The predicted octanol–water partition coefficient (Wildman–Crippen LogP) is 1.92. The van der Waals surface area contributed by atoms with Gasteiger partial charge in [0, 0.05) is 19.8 Å². The van der Waals surface area contributed by atoms with Crippen molar-refractivity contribution in [2.24, 2.45) is 0 Å². The number of nitrogens with one attached hydrogen (secondary N) is 1. The molecule has 0 saturated carbocycles. The summed E-state index contributed by atoms with van der Waals surface area (Å²) in [5, 5.41) is 3.35. The van der Waals surface area contributed by atoms with Gasteiger partial charge >= 0.3 is 0 Å². The fraction of sp³-hybridized carbons (Fsp3) is 0.571. The van der Waals surface area contributed by atoms with Crippen LogP contribution in [0.5, 0.6) is 0 Å². The first-order valence-electron chi connectivity index (χ1n) is 6.69. The Morgan fingerprint density at radius 1 is 1.26 bits per heavy atom. The van der Waals surface area contributed by atoms with E-state index in [1.165, 1.54) is 0 Å². The zero-order valence-corrected chi connectivity index (χ0v) is 12.1. The van der Waals surface area contributed by atoms with Crippen molar-refractivity contribution in [1.29, 1.82) is 0 Å². The van der Waals surface area contributed by atoms with Crippen LogP contribution in [0.2, 0.25) is 0 Å². The van der Waals surface area contributed by atoms with E-state index >= 15 is 0 Å². The van der Waals surface area contributed by atoms with Crippen molar-refractivity contribution in [3.8, 4) is 0 Å². The van der Waals surface area contributed by atoms with Crippen molar-refractivity contribution in [2.75, 3.05) is 26.0 Å². The van der Waals surface area contributed by atoms with E-state index < -0.39 is 9.84 Å². The van der Waals surface area contributed by atoms with Crippen LogP contribution >= 0.6 is 0 Å². The molecule has 0 spiro atoms. The Morgan fingerprint density at radius 2 is 2.05 bits per heavy atom. The maximum atomic E-state index is 12.0. The summed E-state index contributed by atoms with van der Waals surface area (Å²) in [4.78, 5) is 0.492. The van der Waals surface area contributed by atoms with Gasteiger partial charge in [0.15, 0.2) is 9.84 Å². The third kappa shape index (κ3) is 3.55. The molecule has 2 rings (SSSR count). The highest BCUT2D eigenvalue weighted by atomic mass is 32.2. The normalized spacial score (nSPS) is 20.4. The lowest BCUT2D eigenvalue weighted by molar-refractivity contribution is 0.192. The maximum Gasteiger partial charge on any atom is 0.180 e. The van der Waals surface area contributed by atoms with Gasteiger partial charge in [-0.25, -0.2) is 8.42 Å². The van der Waals surface area contributed by atoms with Crippen molar-refractivity contribution in [1.82, 2.24) is 5.32 Å². The number of unbranched alkanes of at least 4 members (excludes halogenated alkanes) is 2. The Hall–Kier alpha value is -0.910. The number of sulfone groups is 1. The Morgan fingerprint density at radius 3 is 2.84 bits per heavy atom. The standard InChI is InChI=1S/C14H21NO3S/c1-18-10-6-2-5-9-15-13-11-19(16,17)14-8-4-3-7-12(13)14/h3-4,7-8,13,15H,2,5-6,9-11H2,1H3. The van der Waals surface area contributed by atoms with Crippen LogP contribution in [0, 0.1) is 0 Å². The smallest absolute Gasteiger partial charge is 0.180 e. The predicted molar refractivity (Wildman–Crippen MR) is 75.0 cm³/mol. The largest absolute Gasteiger partial charge is 0.385 e. The molecule has 1 atom stereocenters. The minimum atomic E-state index is -3.09. The molecule has 0 aromatic heterocycles. The highest BCUT2D eigenvalue weighted by Gasteiger charge is 2.33. The van der Waals surface area contributed by atoms with Crippen LogP contribution in [-0.4, -0.2) is 34.4 Å². The lowest BCUT2D eigenvalue weighted by Crippen LogP contribution is -2.23. The maximum absolute atomic E-state index is 12.0. The SMILES string of the molecule is COCCCCCNC1CS(=O)(=O)c2ccccc21. The van der Waals surface area contributed by atoms with Crippen molar-refractivity contribution in [2.45, 2.75) is 30.2 Å². The second kappa shape index (κ2) is 6.50. The van der Waals surface area contributed by atoms with Crippen molar-refractivity contribution in [3.63, 3.8) is 0 Å². The van der Waals surface area contributed by atoms with E-state index in [4.69, 9.17) is 4.74 Å². The van der Waals surface area contributed by atoms with Gasteiger partial charge in [-0.05, 0) is 37.4 Å². The third-order valence-electron chi connectivity index (χ3n) is 3.43. The first-order valence-corrected chi connectivity index (χ1v) is 8.34. The van der Waals surface area contributed by atoms with Crippen LogP contribution in [0.1, 0.15) is 30.9 Å². The van der Waals surface area contributed by atoms with E-state index in [9.17, 15) is 8.42 Å². The van der Waals surface area contributed by atoms with Crippen LogP contribution < -0.4 is 5.32 Å². The number of rotatable bonds is 7. The number of fused-ring (bicyclic) bond motifs is 1. The second-order valence-electron chi connectivity index (χ2n) is 4.88. The number of ether oxygens (including phenoxy) is 1. The molecule has 5 heteroatoms. The van der Waals surface area contributed by atoms with Gasteiger partial charge < -0.3 is 10.1 Å². The van der Waals surface area contributed by atoms with Gasteiger partial charge in [-0.15, -0.1) is 0 Å². The zero-order valence-electron chi connectivity index (χ0n) is 11.3. The molecule has 0 saturated heterocycles. The van der Waals surface area contributed by atoms with Crippen molar-refractivity contribution in [3.05, 3.63) is 29.8 Å². The molecule has 0 radical (unpaired) electrons. The van der Waals surface area contributed by atoms with Gasteiger partial charge in [-0.2, -0.15) is 0 Å². The summed E-state index contributed by atoms with van der Waals surface area (Å²) in [6, 6.07) is 7.23. The Kier molecular flexibility index (Phi) is 4.96. The minimum absolute atomic E-state index is 0.0522. The third-order valence-corrected chi connectivity index (χ3v) is 5.25. The van der Waals surface area contributed by atoms with E-state index in [2.05, 4.69) is 5.32 Å². The molecule has 106 valence electrons. The molecule has 0 amide bonds. The average molecular weight is 283 g/mol. The highest BCUT2D eigenvalue weighted by Crippen LogP contribution is 2.32. The molecule has 1 unspecified atom stereocenters. The first kappa shape index (κ1) is 14.5. The van der Waals surface area contributed by atoms with E-state index in [0.29, 0.717) is 4.90 Å². The van der Waals surface area contributed by atoms with E-state index in [-0.39, 0.29) is 11.8 Å². The molecule has 19 heavy (non-hydrogen) atoms. The van der Waals surface area contributed by atoms with Gasteiger partial charge in [0.25, 0.3) is 0 Å². The molecule has 4 nitrogen and oxygen atoms in total. The van der Waals surface area contributed by atoms with Gasteiger partial charge in [-0.1, -0.05) is 18.2 Å². The van der Waals surface area contributed by atoms with E-state index in [1.807, 2.05) is 12.1 Å². The Labute approximate surface area is 115 Å². The fourth-order valence-corrected chi connectivity index (χ4v) is 4.22. The molecule has 0 aliphatic carbocycles. The topological polar surface area (TPSA) is 55.4 Å². The summed E-state index contributed by atoms with van der Waals surface area (Å²) in [6.45, 7) is 1.64. The van der Waals surface area contributed by atoms with Crippen molar-refractivity contribution >= 4 is 9.84 Å². The fourth-order valence-electron chi connectivity index (χ4n) is 2.44. The molecular weight excluding hydrogens is 262 g/mol. The number of hydrogen-bond acceptors (Lipinski definition) is 4. The van der Waals surface area contributed by atoms with Crippen molar-refractivity contribution < 1.29 is 13.2 Å². The van der Waals surface area contributed by atoms with E-state index in [1.54, 1.807) is 19.2 Å².